The van der Waals surface area contributed by atoms with Gasteiger partial charge in [-0.25, -0.2) is 0 Å². The Morgan fingerprint density at radius 1 is 1.15 bits per heavy atom. The molecule has 0 aliphatic rings. The van der Waals surface area contributed by atoms with Crippen molar-refractivity contribution in [1.82, 2.24) is 9.97 Å². The fourth-order valence-electron chi connectivity index (χ4n) is 1.21. The van der Waals surface area contributed by atoms with Crippen LogP contribution in [0.2, 0.25) is 0 Å². The first kappa shape index (κ1) is 9.89. The highest BCUT2D eigenvalue weighted by molar-refractivity contribution is 5.85. The molecule has 4 heteroatoms. The second-order valence-corrected chi connectivity index (χ2v) is 2.54. The van der Waals surface area contributed by atoms with E-state index in [0.717, 1.165) is 16.6 Å². The topological polar surface area (TPSA) is 51.8 Å². The zero-order valence-corrected chi connectivity index (χ0v) is 7.79. The number of aromatic nitrogens is 2. The van der Waals surface area contributed by atoms with Gasteiger partial charge in [-0.1, -0.05) is 6.07 Å². The van der Waals surface area contributed by atoms with Crippen LogP contribution in [0.25, 0.3) is 10.9 Å². The Bertz CT molecular complexity index is 397. The molecule has 0 bridgehead atoms. The lowest BCUT2D eigenvalue weighted by Crippen LogP contribution is -2.00. The van der Waals surface area contributed by atoms with Gasteiger partial charge in [-0.05, 0) is 12.1 Å². The maximum Gasteiger partial charge on any atom is 0.0930 e. The summed E-state index contributed by atoms with van der Waals surface area (Å²) in [6, 6.07) is 5.84. The van der Waals surface area contributed by atoms with E-state index in [1.807, 2.05) is 18.2 Å². The lowest BCUT2D eigenvalue weighted by Gasteiger charge is -1.99. The number of hydrogen-bond donors (Lipinski definition) is 1. The maximum absolute atomic E-state index is 5.51. The second-order valence-electron chi connectivity index (χ2n) is 2.54. The van der Waals surface area contributed by atoms with Crippen molar-refractivity contribution in [2.24, 2.45) is 5.73 Å². The smallest absolute Gasteiger partial charge is 0.0930 e. The standard InChI is InChI=1S/C9H9N3.ClH/c10-6-8-9-7(3-5-11-8)2-1-4-12-9;/h1-5H,6,10H2;1H. The average molecular weight is 196 g/mol. The molecule has 2 rings (SSSR count). The van der Waals surface area contributed by atoms with Crippen LogP contribution in [-0.4, -0.2) is 9.97 Å². The summed E-state index contributed by atoms with van der Waals surface area (Å²) in [5.74, 6) is 0. The number of fused-ring (bicyclic) bond motifs is 1. The van der Waals surface area contributed by atoms with E-state index in [1.54, 1.807) is 12.4 Å². The van der Waals surface area contributed by atoms with Crippen molar-refractivity contribution in [2.75, 3.05) is 0 Å². The molecule has 0 atom stereocenters. The third-order valence-corrected chi connectivity index (χ3v) is 1.79. The Balaban J connectivity index is 0.000000845. The average Bonchev–Trinajstić information content (AvgIpc) is 2.17. The van der Waals surface area contributed by atoms with Crippen LogP contribution < -0.4 is 5.73 Å². The van der Waals surface area contributed by atoms with Crippen molar-refractivity contribution in [3.63, 3.8) is 0 Å². The summed E-state index contributed by atoms with van der Waals surface area (Å²) in [4.78, 5) is 8.35. The van der Waals surface area contributed by atoms with Crippen molar-refractivity contribution >= 4 is 23.3 Å². The fourth-order valence-corrected chi connectivity index (χ4v) is 1.21. The molecule has 0 aliphatic carbocycles. The molecule has 2 aromatic rings. The minimum atomic E-state index is 0. The van der Waals surface area contributed by atoms with Crippen molar-refractivity contribution in [3.05, 3.63) is 36.3 Å². The van der Waals surface area contributed by atoms with Crippen LogP contribution in [0.1, 0.15) is 5.69 Å². The number of rotatable bonds is 1. The normalized spacial score (nSPS) is 9.62. The van der Waals surface area contributed by atoms with E-state index in [9.17, 15) is 0 Å². The molecule has 2 N–H and O–H groups in total. The zero-order valence-electron chi connectivity index (χ0n) is 6.97. The largest absolute Gasteiger partial charge is 0.325 e. The molecule has 3 nitrogen and oxygen atoms in total. The first-order valence-electron chi connectivity index (χ1n) is 3.80. The summed E-state index contributed by atoms with van der Waals surface area (Å²) in [7, 11) is 0. The van der Waals surface area contributed by atoms with E-state index in [1.165, 1.54) is 0 Å². The molecule has 0 spiro atoms. The quantitative estimate of drug-likeness (QED) is 0.751. The maximum atomic E-state index is 5.51. The van der Waals surface area contributed by atoms with Gasteiger partial charge in [0.25, 0.3) is 0 Å². The van der Waals surface area contributed by atoms with Crippen molar-refractivity contribution < 1.29 is 0 Å². The summed E-state index contributed by atoms with van der Waals surface area (Å²) in [5.41, 5.74) is 7.27. The number of halogens is 1. The summed E-state index contributed by atoms with van der Waals surface area (Å²) in [6.07, 6.45) is 3.51. The van der Waals surface area contributed by atoms with Gasteiger partial charge in [0.2, 0.25) is 0 Å². The molecular formula is C9H10ClN3. The lowest BCUT2D eigenvalue weighted by atomic mass is 10.2. The van der Waals surface area contributed by atoms with Gasteiger partial charge in [-0.2, -0.15) is 0 Å². The van der Waals surface area contributed by atoms with Crippen molar-refractivity contribution in [2.45, 2.75) is 6.54 Å². The van der Waals surface area contributed by atoms with Crippen LogP contribution in [0.5, 0.6) is 0 Å². The van der Waals surface area contributed by atoms with Gasteiger partial charge in [-0.3, -0.25) is 9.97 Å². The van der Waals surface area contributed by atoms with Gasteiger partial charge in [-0.15, -0.1) is 12.4 Å². The SMILES string of the molecule is Cl.NCc1nccc2cccnc12. The Morgan fingerprint density at radius 3 is 2.77 bits per heavy atom. The van der Waals surface area contributed by atoms with E-state index < -0.39 is 0 Å². The van der Waals surface area contributed by atoms with Crippen LogP contribution in [0.15, 0.2) is 30.6 Å². The van der Waals surface area contributed by atoms with E-state index in [2.05, 4.69) is 9.97 Å². The molecule has 0 aliphatic heterocycles. The predicted octanol–water partition coefficient (Wildman–Crippen LogP) is 1.51. The first-order chi connectivity index (χ1) is 5.92. The highest BCUT2D eigenvalue weighted by Gasteiger charge is 1.99. The number of nitrogens with zero attached hydrogens (tertiary/aromatic N) is 2. The molecule has 0 aromatic carbocycles. The summed E-state index contributed by atoms with van der Waals surface area (Å²) in [6.45, 7) is 0.439. The highest BCUT2D eigenvalue weighted by Crippen LogP contribution is 2.12. The molecule has 0 saturated carbocycles. The summed E-state index contributed by atoms with van der Waals surface area (Å²) in [5, 5.41) is 1.09. The van der Waals surface area contributed by atoms with Gasteiger partial charge in [0.1, 0.15) is 0 Å². The highest BCUT2D eigenvalue weighted by atomic mass is 35.5. The van der Waals surface area contributed by atoms with E-state index in [0.29, 0.717) is 6.54 Å². The van der Waals surface area contributed by atoms with Gasteiger partial charge in [0.05, 0.1) is 11.2 Å². The molecule has 0 radical (unpaired) electrons. The summed E-state index contributed by atoms with van der Waals surface area (Å²) >= 11 is 0. The number of pyridine rings is 2. The molecule has 0 amide bonds. The third kappa shape index (κ3) is 1.76. The van der Waals surface area contributed by atoms with E-state index in [4.69, 9.17) is 5.73 Å². The van der Waals surface area contributed by atoms with Crippen LogP contribution in [0, 0.1) is 0 Å². The van der Waals surface area contributed by atoms with E-state index in [-0.39, 0.29) is 12.4 Å². The van der Waals surface area contributed by atoms with Crippen LogP contribution in [0.3, 0.4) is 0 Å². The van der Waals surface area contributed by atoms with Gasteiger partial charge >= 0.3 is 0 Å². The Morgan fingerprint density at radius 2 is 2.00 bits per heavy atom. The molecule has 2 heterocycles. The van der Waals surface area contributed by atoms with Crippen molar-refractivity contribution in [1.29, 1.82) is 0 Å². The fraction of sp³-hybridized carbons (Fsp3) is 0.111. The Kier molecular flexibility index (Phi) is 3.17. The Labute approximate surface area is 82.4 Å². The molecule has 0 fully saturated rings. The lowest BCUT2D eigenvalue weighted by molar-refractivity contribution is 1.00. The zero-order chi connectivity index (χ0) is 8.39. The monoisotopic (exact) mass is 195 g/mol. The molecular weight excluding hydrogens is 186 g/mol. The molecule has 13 heavy (non-hydrogen) atoms. The number of nitrogens with two attached hydrogens (primary N) is 1. The van der Waals surface area contributed by atoms with Crippen LogP contribution in [-0.2, 0) is 6.54 Å². The first-order valence-corrected chi connectivity index (χ1v) is 3.80. The van der Waals surface area contributed by atoms with Crippen molar-refractivity contribution in [3.8, 4) is 0 Å². The minimum Gasteiger partial charge on any atom is -0.325 e. The van der Waals surface area contributed by atoms with E-state index >= 15 is 0 Å². The molecule has 0 saturated heterocycles. The Hall–Kier alpha value is -1.19. The summed E-state index contributed by atoms with van der Waals surface area (Å²) < 4.78 is 0. The van der Waals surface area contributed by atoms with Crippen LogP contribution >= 0.6 is 12.4 Å². The minimum absolute atomic E-state index is 0. The molecule has 0 unspecified atom stereocenters. The van der Waals surface area contributed by atoms with Gasteiger partial charge in [0.15, 0.2) is 0 Å². The number of hydrogen-bond acceptors (Lipinski definition) is 3. The molecule has 2 aromatic heterocycles. The van der Waals surface area contributed by atoms with Crippen LogP contribution in [0.4, 0.5) is 0 Å². The van der Waals surface area contributed by atoms with Gasteiger partial charge < -0.3 is 5.73 Å². The van der Waals surface area contributed by atoms with Gasteiger partial charge in [0, 0.05) is 24.3 Å². The third-order valence-electron chi connectivity index (χ3n) is 1.79. The second kappa shape index (κ2) is 4.16. The predicted molar refractivity (Wildman–Crippen MR) is 54.7 cm³/mol. The molecule has 68 valence electrons.